The molecular formula is C15H18N2O4. The van der Waals surface area contributed by atoms with Crippen molar-refractivity contribution < 1.29 is 19.8 Å². The van der Waals surface area contributed by atoms with Crippen LogP contribution in [0.5, 0.6) is 0 Å². The Bertz CT molecular complexity index is 650. The first-order valence-electron chi connectivity index (χ1n) is 6.70. The standard InChI is InChI=1S/C15H18N2O4/c1-9(19)16-6-5-13(20)15(21)11-3-2-4-12-14(11)10(8-18)7-17-12/h2-4,7-8,13,15,17,20-21H,5-6H2,1H3,(H,16,19). The van der Waals surface area contributed by atoms with E-state index in [4.69, 9.17) is 0 Å². The number of aldehydes is 1. The van der Waals surface area contributed by atoms with Gasteiger partial charge in [-0.25, -0.2) is 0 Å². The zero-order chi connectivity index (χ0) is 15.4. The number of rotatable bonds is 6. The summed E-state index contributed by atoms with van der Waals surface area (Å²) in [7, 11) is 0. The van der Waals surface area contributed by atoms with Gasteiger partial charge in [-0.2, -0.15) is 0 Å². The molecule has 0 radical (unpaired) electrons. The van der Waals surface area contributed by atoms with Gasteiger partial charge in [0.2, 0.25) is 5.91 Å². The van der Waals surface area contributed by atoms with Crippen molar-refractivity contribution >= 4 is 23.1 Å². The Morgan fingerprint density at radius 3 is 2.86 bits per heavy atom. The number of nitrogens with one attached hydrogen (secondary N) is 2. The van der Waals surface area contributed by atoms with E-state index in [1.54, 1.807) is 24.4 Å². The number of aromatic amines is 1. The van der Waals surface area contributed by atoms with Gasteiger partial charge in [-0.05, 0) is 18.1 Å². The maximum Gasteiger partial charge on any atom is 0.216 e. The van der Waals surface area contributed by atoms with Gasteiger partial charge < -0.3 is 20.5 Å². The number of fused-ring (bicyclic) bond motifs is 1. The first-order valence-corrected chi connectivity index (χ1v) is 6.70. The number of aliphatic hydroxyl groups excluding tert-OH is 2. The van der Waals surface area contributed by atoms with E-state index in [2.05, 4.69) is 10.3 Å². The van der Waals surface area contributed by atoms with E-state index in [9.17, 15) is 19.8 Å². The molecule has 2 atom stereocenters. The van der Waals surface area contributed by atoms with Crippen LogP contribution < -0.4 is 5.32 Å². The summed E-state index contributed by atoms with van der Waals surface area (Å²) in [6.45, 7) is 1.66. The highest BCUT2D eigenvalue weighted by molar-refractivity contribution is 5.99. The van der Waals surface area contributed by atoms with Gasteiger partial charge in [0.25, 0.3) is 0 Å². The first kappa shape index (κ1) is 15.2. The van der Waals surface area contributed by atoms with Crippen LogP contribution in [0.25, 0.3) is 10.9 Å². The molecule has 1 aromatic carbocycles. The fraction of sp³-hybridized carbons (Fsp3) is 0.333. The zero-order valence-corrected chi connectivity index (χ0v) is 11.7. The van der Waals surface area contributed by atoms with Gasteiger partial charge in [0, 0.05) is 36.1 Å². The summed E-state index contributed by atoms with van der Waals surface area (Å²) >= 11 is 0. The molecule has 1 heterocycles. The third-order valence-corrected chi connectivity index (χ3v) is 3.39. The average Bonchev–Trinajstić information content (AvgIpc) is 2.89. The Hall–Kier alpha value is -2.18. The molecule has 0 saturated heterocycles. The Kier molecular flexibility index (Phi) is 4.72. The minimum atomic E-state index is -1.13. The SMILES string of the molecule is CC(=O)NCCC(O)C(O)c1cccc2[nH]cc(C=O)c12. The normalized spacial score (nSPS) is 13.9. The summed E-state index contributed by atoms with van der Waals surface area (Å²) in [6.07, 6.45) is 0.336. The fourth-order valence-electron chi connectivity index (χ4n) is 2.34. The minimum Gasteiger partial charge on any atom is -0.390 e. The topological polar surface area (TPSA) is 102 Å². The monoisotopic (exact) mass is 290 g/mol. The average molecular weight is 290 g/mol. The van der Waals surface area contributed by atoms with Crippen molar-refractivity contribution in [2.75, 3.05) is 6.54 Å². The van der Waals surface area contributed by atoms with Gasteiger partial charge in [-0.3, -0.25) is 9.59 Å². The maximum atomic E-state index is 11.1. The molecule has 21 heavy (non-hydrogen) atoms. The molecular weight excluding hydrogens is 272 g/mol. The van der Waals surface area contributed by atoms with Gasteiger partial charge in [0.15, 0.2) is 6.29 Å². The molecule has 1 amide bonds. The highest BCUT2D eigenvalue weighted by Crippen LogP contribution is 2.29. The van der Waals surface area contributed by atoms with Crippen LogP contribution in [-0.4, -0.2) is 40.0 Å². The molecule has 0 bridgehead atoms. The highest BCUT2D eigenvalue weighted by Gasteiger charge is 2.22. The fourth-order valence-corrected chi connectivity index (χ4v) is 2.34. The quantitative estimate of drug-likeness (QED) is 0.594. The number of carbonyl (C=O) groups excluding carboxylic acids is 2. The van der Waals surface area contributed by atoms with E-state index in [1.165, 1.54) is 6.92 Å². The Labute approximate surface area is 121 Å². The number of benzene rings is 1. The van der Waals surface area contributed by atoms with Crippen LogP contribution in [0.2, 0.25) is 0 Å². The third kappa shape index (κ3) is 3.29. The van der Waals surface area contributed by atoms with Crippen LogP contribution in [0.15, 0.2) is 24.4 Å². The van der Waals surface area contributed by atoms with Crippen LogP contribution in [-0.2, 0) is 4.79 Å². The van der Waals surface area contributed by atoms with Crippen LogP contribution in [0.3, 0.4) is 0 Å². The van der Waals surface area contributed by atoms with E-state index in [0.29, 0.717) is 22.8 Å². The van der Waals surface area contributed by atoms with Crippen LogP contribution >= 0.6 is 0 Å². The van der Waals surface area contributed by atoms with Crippen molar-refractivity contribution in [3.05, 3.63) is 35.5 Å². The molecule has 4 N–H and O–H groups in total. The Morgan fingerprint density at radius 1 is 1.43 bits per heavy atom. The lowest BCUT2D eigenvalue weighted by Crippen LogP contribution is -2.27. The van der Waals surface area contributed by atoms with Crippen molar-refractivity contribution in [1.29, 1.82) is 0 Å². The summed E-state index contributed by atoms with van der Waals surface area (Å²) in [5.74, 6) is -0.187. The van der Waals surface area contributed by atoms with E-state index < -0.39 is 12.2 Å². The van der Waals surface area contributed by atoms with Crippen molar-refractivity contribution in [3.8, 4) is 0 Å². The van der Waals surface area contributed by atoms with Gasteiger partial charge in [-0.1, -0.05) is 12.1 Å². The Balaban J connectivity index is 2.22. The second-order valence-corrected chi connectivity index (χ2v) is 4.92. The van der Waals surface area contributed by atoms with Gasteiger partial charge in [0.05, 0.1) is 6.10 Å². The molecule has 0 aliphatic heterocycles. The molecule has 0 aliphatic rings. The molecule has 2 aromatic rings. The second kappa shape index (κ2) is 6.51. The zero-order valence-electron chi connectivity index (χ0n) is 11.7. The molecule has 2 rings (SSSR count). The number of hydrogen-bond acceptors (Lipinski definition) is 4. The van der Waals surface area contributed by atoms with Crippen molar-refractivity contribution in [1.82, 2.24) is 10.3 Å². The van der Waals surface area contributed by atoms with Gasteiger partial charge in [0.1, 0.15) is 6.10 Å². The Morgan fingerprint density at radius 2 is 2.19 bits per heavy atom. The van der Waals surface area contributed by atoms with E-state index in [1.807, 2.05) is 0 Å². The van der Waals surface area contributed by atoms with Gasteiger partial charge in [-0.15, -0.1) is 0 Å². The predicted octanol–water partition coefficient (Wildman–Crippen LogP) is 0.901. The van der Waals surface area contributed by atoms with Crippen LogP contribution in [0.4, 0.5) is 0 Å². The molecule has 6 nitrogen and oxygen atoms in total. The van der Waals surface area contributed by atoms with E-state index >= 15 is 0 Å². The summed E-state index contributed by atoms with van der Waals surface area (Å²) in [4.78, 5) is 24.8. The lowest BCUT2D eigenvalue weighted by molar-refractivity contribution is -0.119. The van der Waals surface area contributed by atoms with Crippen LogP contribution in [0.1, 0.15) is 35.4 Å². The summed E-state index contributed by atoms with van der Waals surface area (Å²) in [6, 6.07) is 5.21. The first-order chi connectivity index (χ1) is 10.0. The number of aromatic nitrogens is 1. The number of H-pyrrole nitrogens is 1. The molecule has 2 unspecified atom stereocenters. The predicted molar refractivity (Wildman–Crippen MR) is 78.0 cm³/mol. The molecule has 0 aliphatic carbocycles. The van der Waals surface area contributed by atoms with Crippen LogP contribution in [0, 0.1) is 0 Å². The largest absolute Gasteiger partial charge is 0.390 e. The smallest absolute Gasteiger partial charge is 0.216 e. The second-order valence-electron chi connectivity index (χ2n) is 4.92. The summed E-state index contributed by atoms with van der Waals surface area (Å²) in [5, 5.41) is 23.5. The molecule has 1 aromatic heterocycles. The molecule has 0 spiro atoms. The lowest BCUT2D eigenvalue weighted by atomic mass is 9.97. The molecule has 0 fully saturated rings. The number of aliphatic hydroxyl groups is 2. The van der Waals surface area contributed by atoms with Crippen molar-refractivity contribution in [2.24, 2.45) is 0 Å². The highest BCUT2D eigenvalue weighted by atomic mass is 16.3. The van der Waals surface area contributed by atoms with E-state index in [-0.39, 0.29) is 18.9 Å². The minimum absolute atomic E-state index is 0.187. The molecule has 112 valence electrons. The number of carbonyl (C=O) groups is 2. The number of amides is 1. The van der Waals surface area contributed by atoms with Crippen molar-refractivity contribution in [3.63, 3.8) is 0 Å². The summed E-state index contributed by atoms with van der Waals surface area (Å²) < 4.78 is 0. The number of hydrogen-bond donors (Lipinski definition) is 4. The summed E-state index contributed by atoms with van der Waals surface area (Å²) in [5.41, 5.74) is 1.66. The molecule has 6 heteroatoms. The molecule has 0 saturated carbocycles. The lowest BCUT2D eigenvalue weighted by Gasteiger charge is -2.19. The van der Waals surface area contributed by atoms with Gasteiger partial charge >= 0.3 is 0 Å². The van der Waals surface area contributed by atoms with Crippen molar-refractivity contribution in [2.45, 2.75) is 25.6 Å². The van der Waals surface area contributed by atoms with E-state index in [0.717, 1.165) is 5.52 Å². The third-order valence-electron chi connectivity index (χ3n) is 3.39. The maximum absolute atomic E-state index is 11.1.